The number of hydrogen-bond donors (Lipinski definition) is 0. The van der Waals surface area contributed by atoms with Crippen LogP contribution in [0.5, 0.6) is 0 Å². The first-order valence-electron chi connectivity index (χ1n) is 6.88. The Balaban J connectivity index is 1.87. The van der Waals surface area contributed by atoms with Crippen molar-refractivity contribution in [1.29, 1.82) is 0 Å². The minimum atomic E-state index is 0.560. The van der Waals surface area contributed by atoms with Crippen LogP contribution in [0.4, 0.5) is 0 Å². The zero-order chi connectivity index (χ0) is 14.7. The van der Waals surface area contributed by atoms with Gasteiger partial charge in [-0.25, -0.2) is 9.97 Å². The third kappa shape index (κ3) is 3.20. The molecule has 0 fully saturated rings. The van der Waals surface area contributed by atoms with Crippen LogP contribution in [-0.4, -0.2) is 20.4 Å². The highest BCUT2D eigenvalue weighted by Crippen LogP contribution is 2.16. The first-order chi connectivity index (χ1) is 10.3. The van der Waals surface area contributed by atoms with Crippen LogP contribution in [0.25, 0.3) is 11.2 Å². The van der Waals surface area contributed by atoms with E-state index in [1.807, 2.05) is 24.3 Å². The van der Waals surface area contributed by atoms with Gasteiger partial charge in [0.05, 0.1) is 0 Å². The fourth-order valence-electron chi connectivity index (χ4n) is 2.41. The van der Waals surface area contributed by atoms with E-state index < -0.39 is 0 Å². The molecule has 108 valence electrons. The van der Waals surface area contributed by atoms with E-state index in [2.05, 4.69) is 26.7 Å². The monoisotopic (exact) mass is 319 g/mol. The lowest BCUT2D eigenvalue weighted by Crippen LogP contribution is -2.07. The van der Waals surface area contributed by atoms with Crippen LogP contribution in [0, 0.1) is 0 Å². The number of pyridine rings is 1. The summed E-state index contributed by atoms with van der Waals surface area (Å²) in [6, 6.07) is 11.8. The predicted molar refractivity (Wildman–Crippen MR) is 87.1 cm³/mol. The molecule has 21 heavy (non-hydrogen) atoms. The SMILES string of the molecule is ClCCc1nc2cccnc2n1CCc1ccc(Cl)cc1. The lowest BCUT2D eigenvalue weighted by molar-refractivity contribution is 0.670. The number of aromatic nitrogens is 3. The summed E-state index contributed by atoms with van der Waals surface area (Å²) in [5.41, 5.74) is 3.09. The second-order valence-electron chi connectivity index (χ2n) is 4.84. The fourth-order valence-corrected chi connectivity index (χ4v) is 2.70. The Morgan fingerprint density at radius 2 is 1.86 bits per heavy atom. The molecule has 1 aromatic carbocycles. The molecule has 0 atom stereocenters. The number of aryl methyl sites for hydroxylation is 3. The molecule has 0 saturated heterocycles. The van der Waals surface area contributed by atoms with E-state index >= 15 is 0 Å². The van der Waals surface area contributed by atoms with Crippen LogP contribution < -0.4 is 0 Å². The van der Waals surface area contributed by atoms with E-state index in [0.29, 0.717) is 5.88 Å². The molecule has 0 unspecified atom stereocenters. The van der Waals surface area contributed by atoms with Crippen molar-refractivity contribution in [3.05, 3.63) is 59.0 Å². The summed E-state index contributed by atoms with van der Waals surface area (Å²) >= 11 is 11.8. The molecule has 0 aliphatic carbocycles. The van der Waals surface area contributed by atoms with Crippen molar-refractivity contribution in [1.82, 2.24) is 14.5 Å². The van der Waals surface area contributed by atoms with E-state index in [1.54, 1.807) is 6.20 Å². The van der Waals surface area contributed by atoms with E-state index in [9.17, 15) is 0 Å². The average Bonchev–Trinajstić information content (AvgIpc) is 2.85. The van der Waals surface area contributed by atoms with Crippen molar-refractivity contribution in [2.75, 3.05) is 5.88 Å². The smallest absolute Gasteiger partial charge is 0.159 e. The van der Waals surface area contributed by atoms with Gasteiger partial charge >= 0.3 is 0 Å². The van der Waals surface area contributed by atoms with Gasteiger partial charge in [0.1, 0.15) is 11.3 Å². The highest BCUT2D eigenvalue weighted by atomic mass is 35.5. The van der Waals surface area contributed by atoms with E-state index in [1.165, 1.54) is 5.56 Å². The van der Waals surface area contributed by atoms with Gasteiger partial charge in [-0.1, -0.05) is 23.7 Å². The molecular formula is C16H15Cl2N3. The third-order valence-electron chi connectivity index (χ3n) is 3.44. The minimum Gasteiger partial charge on any atom is -0.312 e. The Morgan fingerprint density at radius 3 is 2.62 bits per heavy atom. The van der Waals surface area contributed by atoms with Crippen LogP contribution in [0.15, 0.2) is 42.6 Å². The molecule has 0 spiro atoms. The zero-order valence-corrected chi connectivity index (χ0v) is 13.0. The highest BCUT2D eigenvalue weighted by Gasteiger charge is 2.10. The number of alkyl halides is 1. The topological polar surface area (TPSA) is 30.7 Å². The molecule has 0 amide bonds. The minimum absolute atomic E-state index is 0.560. The van der Waals surface area contributed by atoms with Gasteiger partial charge in [-0.15, -0.1) is 11.6 Å². The van der Waals surface area contributed by atoms with Crippen LogP contribution in [0.2, 0.25) is 5.02 Å². The second kappa shape index (κ2) is 6.46. The molecule has 0 aliphatic rings. The standard InChI is InChI=1S/C16H15Cl2N3/c17-9-7-15-20-14-2-1-10-19-16(14)21(15)11-8-12-3-5-13(18)6-4-12/h1-6,10H,7-9,11H2. The summed E-state index contributed by atoms with van der Waals surface area (Å²) in [6.07, 6.45) is 3.46. The highest BCUT2D eigenvalue weighted by molar-refractivity contribution is 6.30. The van der Waals surface area contributed by atoms with Crippen LogP contribution >= 0.6 is 23.2 Å². The molecule has 0 N–H and O–H groups in total. The molecule has 3 aromatic rings. The number of imidazole rings is 1. The maximum absolute atomic E-state index is 5.92. The summed E-state index contributed by atoms with van der Waals surface area (Å²) in [4.78, 5) is 9.07. The van der Waals surface area contributed by atoms with Crippen LogP contribution in [0.1, 0.15) is 11.4 Å². The molecule has 0 bridgehead atoms. The fraction of sp³-hybridized carbons (Fsp3) is 0.250. The molecular weight excluding hydrogens is 305 g/mol. The van der Waals surface area contributed by atoms with Crippen molar-refractivity contribution in [3.8, 4) is 0 Å². The van der Waals surface area contributed by atoms with E-state index in [-0.39, 0.29) is 0 Å². The average molecular weight is 320 g/mol. The maximum atomic E-state index is 5.92. The Hall–Kier alpha value is -1.58. The molecule has 5 heteroatoms. The molecule has 0 saturated carbocycles. The van der Waals surface area contributed by atoms with Crippen molar-refractivity contribution in [2.24, 2.45) is 0 Å². The van der Waals surface area contributed by atoms with Gasteiger partial charge in [-0.2, -0.15) is 0 Å². The number of nitrogens with zero attached hydrogens (tertiary/aromatic N) is 3. The Kier molecular flexibility index (Phi) is 4.42. The zero-order valence-electron chi connectivity index (χ0n) is 11.5. The van der Waals surface area contributed by atoms with Gasteiger partial charge in [0.2, 0.25) is 0 Å². The predicted octanol–water partition coefficient (Wildman–Crippen LogP) is 4.11. The molecule has 2 heterocycles. The number of halogens is 2. The Labute approximate surface area is 133 Å². The number of hydrogen-bond acceptors (Lipinski definition) is 2. The summed E-state index contributed by atoms with van der Waals surface area (Å²) in [5, 5.41) is 0.760. The molecule has 2 aromatic heterocycles. The third-order valence-corrected chi connectivity index (χ3v) is 3.88. The van der Waals surface area contributed by atoms with Crippen molar-refractivity contribution >= 4 is 34.4 Å². The van der Waals surface area contributed by atoms with Crippen LogP contribution in [0.3, 0.4) is 0 Å². The van der Waals surface area contributed by atoms with Crippen molar-refractivity contribution < 1.29 is 0 Å². The van der Waals surface area contributed by atoms with Gasteiger partial charge in [0.15, 0.2) is 5.65 Å². The van der Waals surface area contributed by atoms with E-state index in [4.69, 9.17) is 23.2 Å². The van der Waals surface area contributed by atoms with Gasteiger partial charge in [0.25, 0.3) is 0 Å². The lowest BCUT2D eigenvalue weighted by Gasteiger charge is -2.08. The molecule has 3 nitrogen and oxygen atoms in total. The van der Waals surface area contributed by atoms with Crippen LogP contribution in [-0.2, 0) is 19.4 Å². The van der Waals surface area contributed by atoms with Crippen molar-refractivity contribution in [2.45, 2.75) is 19.4 Å². The summed E-state index contributed by atoms with van der Waals surface area (Å²) in [7, 11) is 0. The van der Waals surface area contributed by atoms with E-state index in [0.717, 1.165) is 41.4 Å². The van der Waals surface area contributed by atoms with Gasteiger partial charge in [0, 0.05) is 30.1 Å². The normalized spacial score (nSPS) is 11.1. The largest absolute Gasteiger partial charge is 0.312 e. The lowest BCUT2D eigenvalue weighted by atomic mass is 10.1. The molecule has 0 radical (unpaired) electrons. The maximum Gasteiger partial charge on any atom is 0.159 e. The summed E-state index contributed by atoms with van der Waals surface area (Å²) in [5.74, 6) is 1.55. The van der Waals surface area contributed by atoms with Gasteiger partial charge < -0.3 is 4.57 Å². The van der Waals surface area contributed by atoms with Gasteiger partial charge in [-0.05, 0) is 36.2 Å². The Bertz CT molecular complexity index is 735. The van der Waals surface area contributed by atoms with Crippen molar-refractivity contribution in [3.63, 3.8) is 0 Å². The summed E-state index contributed by atoms with van der Waals surface area (Å²) < 4.78 is 2.16. The second-order valence-corrected chi connectivity index (χ2v) is 5.66. The van der Waals surface area contributed by atoms with Gasteiger partial charge in [-0.3, -0.25) is 0 Å². The molecule has 0 aliphatic heterocycles. The quantitative estimate of drug-likeness (QED) is 0.662. The first kappa shape index (κ1) is 14.4. The first-order valence-corrected chi connectivity index (χ1v) is 7.80. The summed E-state index contributed by atoms with van der Waals surface area (Å²) in [6.45, 7) is 0.835. The Morgan fingerprint density at radius 1 is 1.05 bits per heavy atom. The number of fused-ring (bicyclic) bond motifs is 1. The number of benzene rings is 1. The number of rotatable bonds is 5. The molecule has 3 rings (SSSR count).